The molecule has 8 rings (SSSR count). The second-order valence-electron chi connectivity index (χ2n) is 11.0. The number of anilines is 1. The molecule has 0 bridgehead atoms. The number of fused-ring (bicyclic) bond motifs is 4. The van der Waals surface area contributed by atoms with Crippen molar-refractivity contribution in [3.05, 3.63) is 101 Å². The van der Waals surface area contributed by atoms with Crippen LogP contribution in [0, 0.1) is 0 Å². The van der Waals surface area contributed by atoms with E-state index in [-0.39, 0.29) is 24.0 Å². The Morgan fingerprint density at radius 1 is 0.953 bits per heavy atom. The summed E-state index contributed by atoms with van der Waals surface area (Å²) in [5.41, 5.74) is 6.36. The molecule has 0 unspecified atom stereocenters. The molecule has 2 aliphatic heterocycles. The number of thiol groups is 1. The van der Waals surface area contributed by atoms with Gasteiger partial charge >= 0.3 is 0 Å². The Labute approximate surface area is 256 Å². The number of hydrogen-bond acceptors (Lipinski definition) is 5. The van der Waals surface area contributed by atoms with Gasteiger partial charge in [-0.25, -0.2) is 4.99 Å². The van der Waals surface area contributed by atoms with Crippen molar-refractivity contribution in [2.24, 2.45) is 4.99 Å². The van der Waals surface area contributed by atoms with Gasteiger partial charge in [-0.2, -0.15) is 12.6 Å². The monoisotopic (exact) mass is 604 g/mol. The lowest BCUT2D eigenvalue weighted by Gasteiger charge is -2.22. The number of nitrogens with zero attached hydrogens (tertiary/aromatic N) is 2. The molecule has 2 aromatic heterocycles. The molecule has 6 aromatic rings. The third kappa shape index (κ3) is 4.24. The number of nitrogens with one attached hydrogen (secondary N) is 2. The number of hydrogen-bond donors (Lipinski definition) is 3. The second kappa shape index (κ2) is 10.0. The number of aromatic amines is 2. The first-order valence-corrected chi connectivity index (χ1v) is 15.2. The zero-order chi connectivity index (χ0) is 29.2. The lowest BCUT2D eigenvalue weighted by Crippen LogP contribution is -2.30. The average molecular weight is 605 g/mol. The molecule has 7 nitrogen and oxygen atoms in total. The first-order chi connectivity index (χ1) is 21.0. The number of ketones is 1. The molecule has 212 valence electrons. The molecule has 2 aliphatic rings. The molecule has 0 fully saturated rings. The van der Waals surface area contributed by atoms with Gasteiger partial charge in [0.1, 0.15) is 11.4 Å². The molecular weight excluding hydrogens is 580 g/mol. The zero-order valence-electron chi connectivity index (χ0n) is 22.9. The number of aliphatic imine (C=N–C) groups is 1. The van der Waals surface area contributed by atoms with Crippen LogP contribution in [0.2, 0.25) is 0 Å². The highest BCUT2D eigenvalue weighted by Crippen LogP contribution is 2.49. The Bertz CT molecular complexity index is 2130. The molecule has 0 radical (unpaired) electrons. The molecular formula is C34H25ClN4O3S. The van der Waals surface area contributed by atoms with Crippen molar-refractivity contribution in [2.75, 3.05) is 23.1 Å². The summed E-state index contributed by atoms with van der Waals surface area (Å²) in [6.45, 7) is 0.459. The Kier molecular flexibility index (Phi) is 6.10. The molecule has 0 spiro atoms. The number of Topliss-reactive ketones (excluding diaryl/α,β-unsaturated/α-hetero) is 1. The molecule has 4 heterocycles. The van der Waals surface area contributed by atoms with Crippen LogP contribution < -0.4 is 9.64 Å². The van der Waals surface area contributed by atoms with Crippen LogP contribution in [0.5, 0.6) is 5.75 Å². The van der Waals surface area contributed by atoms with Crippen LogP contribution in [-0.2, 0) is 6.42 Å². The van der Waals surface area contributed by atoms with Gasteiger partial charge in [-0.15, -0.1) is 11.6 Å². The molecule has 43 heavy (non-hydrogen) atoms. The third-order valence-corrected chi connectivity index (χ3v) is 9.02. The number of halogens is 1. The fourth-order valence-electron chi connectivity index (χ4n) is 6.40. The Balaban J connectivity index is 1.12. The number of aromatic nitrogens is 2. The van der Waals surface area contributed by atoms with Crippen molar-refractivity contribution in [1.82, 2.24) is 9.97 Å². The van der Waals surface area contributed by atoms with Crippen LogP contribution in [-0.4, -0.2) is 45.7 Å². The maximum Gasteiger partial charge on any atom is 0.274 e. The van der Waals surface area contributed by atoms with Crippen molar-refractivity contribution < 1.29 is 14.3 Å². The molecule has 0 saturated carbocycles. The maximum absolute atomic E-state index is 14.0. The number of alkyl halides is 1. The minimum Gasteiger partial charge on any atom is -0.441 e. The van der Waals surface area contributed by atoms with Gasteiger partial charge in [0.15, 0.2) is 5.78 Å². The van der Waals surface area contributed by atoms with Crippen molar-refractivity contribution in [2.45, 2.75) is 12.3 Å². The van der Waals surface area contributed by atoms with Gasteiger partial charge in [0.05, 0.1) is 28.2 Å². The summed E-state index contributed by atoms with van der Waals surface area (Å²) in [6, 6.07) is 25.3. The highest BCUT2D eigenvalue weighted by molar-refractivity contribution is 7.81. The summed E-state index contributed by atoms with van der Waals surface area (Å²) in [5.74, 6) is 1.75. The minimum absolute atomic E-state index is 0.0101. The van der Waals surface area contributed by atoms with E-state index < -0.39 is 0 Å². The van der Waals surface area contributed by atoms with E-state index in [1.165, 1.54) is 0 Å². The van der Waals surface area contributed by atoms with Crippen molar-refractivity contribution >= 4 is 85.8 Å². The van der Waals surface area contributed by atoms with Crippen molar-refractivity contribution in [3.63, 3.8) is 0 Å². The molecule has 9 heteroatoms. The third-order valence-electron chi connectivity index (χ3n) is 8.38. The van der Waals surface area contributed by atoms with Gasteiger partial charge in [-0.3, -0.25) is 9.59 Å². The molecule has 1 amide bonds. The zero-order valence-corrected chi connectivity index (χ0v) is 24.5. The van der Waals surface area contributed by atoms with Gasteiger partial charge in [-0.1, -0.05) is 36.4 Å². The van der Waals surface area contributed by atoms with Gasteiger partial charge in [0.25, 0.3) is 5.91 Å². The van der Waals surface area contributed by atoms with Gasteiger partial charge < -0.3 is 19.6 Å². The van der Waals surface area contributed by atoms with E-state index in [9.17, 15) is 9.59 Å². The van der Waals surface area contributed by atoms with E-state index in [0.29, 0.717) is 41.2 Å². The topological polar surface area (TPSA) is 90.6 Å². The van der Waals surface area contributed by atoms with Crippen molar-refractivity contribution in [1.29, 1.82) is 0 Å². The van der Waals surface area contributed by atoms with Gasteiger partial charge in [-0.05, 0) is 52.9 Å². The van der Waals surface area contributed by atoms with Crippen LogP contribution in [0.1, 0.15) is 38.0 Å². The number of rotatable bonds is 6. The maximum atomic E-state index is 14.0. The SMILES string of the molecule is O=C(Cc1ccc2[nH]c(C(=O)N3C[C@@H](CCl)c4c3cc3c5c(cccc45)N=C(CS)O3)cc2c1)c1cc2ccccc2[nH]1. The summed E-state index contributed by atoms with van der Waals surface area (Å²) in [4.78, 5) is 40.0. The Hall–Kier alpha value is -4.53. The number of H-pyrrole nitrogens is 2. The quantitative estimate of drug-likeness (QED) is 0.104. The Morgan fingerprint density at radius 2 is 1.77 bits per heavy atom. The predicted molar refractivity (Wildman–Crippen MR) is 175 cm³/mol. The number of benzene rings is 4. The van der Waals surface area contributed by atoms with Gasteiger partial charge in [0.2, 0.25) is 5.90 Å². The smallest absolute Gasteiger partial charge is 0.274 e. The van der Waals surface area contributed by atoms with E-state index >= 15 is 0 Å². The summed E-state index contributed by atoms with van der Waals surface area (Å²) in [6.07, 6.45) is 0.254. The summed E-state index contributed by atoms with van der Waals surface area (Å²) < 4.78 is 6.09. The van der Waals surface area contributed by atoms with E-state index in [4.69, 9.17) is 16.3 Å². The summed E-state index contributed by atoms with van der Waals surface area (Å²) >= 11 is 10.8. The summed E-state index contributed by atoms with van der Waals surface area (Å²) in [7, 11) is 0. The van der Waals surface area contributed by atoms with E-state index in [1.807, 2.05) is 78.9 Å². The average Bonchev–Trinajstić information content (AvgIpc) is 3.75. The second-order valence-corrected chi connectivity index (χ2v) is 11.6. The van der Waals surface area contributed by atoms with E-state index in [2.05, 4.69) is 27.6 Å². The van der Waals surface area contributed by atoms with Gasteiger partial charge in [0, 0.05) is 52.6 Å². The van der Waals surface area contributed by atoms with Crippen LogP contribution >= 0.6 is 24.2 Å². The lowest BCUT2D eigenvalue weighted by molar-refractivity contribution is 0.0978. The van der Waals surface area contributed by atoms with E-state index in [0.717, 1.165) is 55.1 Å². The van der Waals surface area contributed by atoms with Crippen LogP contribution in [0.25, 0.3) is 32.6 Å². The van der Waals surface area contributed by atoms with Crippen molar-refractivity contribution in [3.8, 4) is 5.75 Å². The molecule has 0 saturated heterocycles. The largest absolute Gasteiger partial charge is 0.441 e. The molecule has 0 aliphatic carbocycles. The number of carbonyl (C=O) groups is 2. The fourth-order valence-corrected chi connectivity index (χ4v) is 6.79. The fraction of sp³-hybridized carbons (Fsp3) is 0.147. The Morgan fingerprint density at radius 3 is 2.60 bits per heavy atom. The number of amides is 1. The molecule has 1 atom stereocenters. The molecule has 2 N–H and O–H groups in total. The van der Waals surface area contributed by atoms with E-state index in [1.54, 1.807) is 4.90 Å². The highest BCUT2D eigenvalue weighted by Gasteiger charge is 2.36. The number of para-hydroxylation sites is 1. The minimum atomic E-state index is -0.151. The molecule has 4 aromatic carbocycles. The normalized spacial score (nSPS) is 15.6. The van der Waals surface area contributed by atoms with Crippen LogP contribution in [0.3, 0.4) is 0 Å². The predicted octanol–water partition coefficient (Wildman–Crippen LogP) is 7.56. The number of carbonyl (C=O) groups excluding carboxylic acids is 2. The highest BCUT2D eigenvalue weighted by atomic mass is 35.5. The standard InChI is InChI=1S/C34H25ClN4O3S/c35-15-21-16-39(28-14-30-33-22(32(21)28)5-3-7-25(33)38-31(17-43)42-30)34(41)27-13-20-10-18(8-9-24(20)37-27)11-29(40)26-12-19-4-1-2-6-23(19)36-26/h1-10,12-14,21,36-37,43H,11,15-17H2/t21-/m1/s1. The van der Waals surface area contributed by atoms with Crippen LogP contribution in [0.15, 0.2) is 83.9 Å². The lowest BCUT2D eigenvalue weighted by atomic mass is 9.94. The number of ether oxygens (including phenoxy) is 1. The summed E-state index contributed by atoms with van der Waals surface area (Å²) in [5, 5.41) is 3.80. The first kappa shape index (κ1) is 26.1. The first-order valence-electron chi connectivity index (χ1n) is 14.1. The van der Waals surface area contributed by atoms with Crippen LogP contribution in [0.4, 0.5) is 11.4 Å².